The van der Waals surface area contributed by atoms with Crippen molar-refractivity contribution in [1.82, 2.24) is 10.3 Å². The summed E-state index contributed by atoms with van der Waals surface area (Å²) >= 11 is 0. The number of hydrogen-bond donors (Lipinski definition) is 2. The van der Waals surface area contributed by atoms with E-state index in [1.165, 1.54) is 0 Å². The van der Waals surface area contributed by atoms with Crippen molar-refractivity contribution in [3.8, 4) is 0 Å². The predicted molar refractivity (Wildman–Crippen MR) is 76.1 cm³/mol. The zero-order valence-corrected chi connectivity index (χ0v) is 12.1. The second kappa shape index (κ2) is 7.09. The van der Waals surface area contributed by atoms with E-state index in [1.54, 1.807) is 6.20 Å². The Balaban J connectivity index is 2.82. The van der Waals surface area contributed by atoms with Crippen LogP contribution in [0.25, 0.3) is 0 Å². The number of aliphatic hydroxyl groups excluding tert-OH is 1. The van der Waals surface area contributed by atoms with Crippen molar-refractivity contribution >= 4 is 11.7 Å². The molecule has 1 aromatic rings. The van der Waals surface area contributed by atoms with Gasteiger partial charge in [-0.25, -0.2) is 4.98 Å². The van der Waals surface area contributed by atoms with E-state index in [-0.39, 0.29) is 18.6 Å². The lowest BCUT2D eigenvalue weighted by atomic mass is 10.2. The fraction of sp³-hybridized carbons (Fsp3) is 0.571. The SMILES string of the molecule is CCN(CC(=O)NC(C)C)c1ncc(CO)cc1C. The van der Waals surface area contributed by atoms with Crippen LogP contribution in [-0.2, 0) is 11.4 Å². The standard InChI is InChI=1S/C14H23N3O2/c1-5-17(8-13(19)16-10(2)3)14-11(4)6-12(9-18)7-15-14/h6-7,10,18H,5,8-9H2,1-4H3,(H,16,19). The molecule has 0 spiro atoms. The van der Waals surface area contributed by atoms with E-state index >= 15 is 0 Å². The van der Waals surface area contributed by atoms with Crippen LogP contribution in [0.15, 0.2) is 12.3 Å². The highest BCUT2D eigenvalue weighted by molar-refractivity contribution is 5.81. The molecular formula is C14H23N3O2. The number of pyridine rings is 1. The molecule has 0 aliphatic rings. The fourth-order valence-electron chi connectivity index (χ4n) is 1.92. The van der Waals surface area contributed by atoms with Gasteiger partial charge in [-0.15, -0.1) is 0 Å². The Bertz CT molecular complexity index is 433. The van der Waals surface area contributed by atoms with Gasteiger partial charge in [-0.1, -0.05) is 0 Å². The maximum atomic E-state index is 11.8. The van der Waals surface area contributed by atoms with Gasteiger partial charge in [0.1, 0.15) is 5.82 Å². The van der Waals surface area contributed by atoms with Gasteiger partial charge >= 0.3 is 0 Å². The van der Waals surface area contributed by atoms with Crippen LogP contribution in [-0.4, -0.2) is 35.1 Å². The van der Waals surface area contributed by atoms with E-state index in [0.717, 1.165) is 16.9 Å². The molecule has 1 amide bonds. The predicted octanol–water partition coefficient (Wildman–Crippen LogP) is 1.23. The average molecular weight is 265 g/mol. The van der Waals surface area contributed by atoms with E-state index in [9.17, 15) is 4.79 Å². The average Bonchev–Trinajstić information content (AvgIpc) is 2.35. The molecule has 1 rings (SSSR count). The number of aryl methyl sites for hydroxylation is 1. The highest BCUT2D eigenvalue weighted by atomic mass is 16.3. The number of carbonyl (C=O) groups is 1. The lowest BCUT2D eigenvalue weighted by molar-refractivity contribution is -0.120. The van der Waals surface area contributed by atoms with E-state index in [1.807, 2.05) is 38.7 Å². The topological polar surface area (TPSA) is 65.5 Å². The van der Waals surface area contributed by atoms with Crippen molar-refractivity contribution in [2.75, 3.05) is 18.0 Å². The number of hydrogen-bond acceptors (Lipinski definition) is 4. The first kappa shape index (κ1) is 15.4. The molecular weight excluding hydrogens is 242 g/mol. The Hall–Kier alpha value is -1.62. The van der Waals surface area contributed by atoms with Crippen LogP contribution in [0.2, 0.25) is 0 Å². The Morgan fingerprint density at radius 1 is 1.53 bits per heavy atom. The summed E-state index contributed by atoms with van der Waals surface area (Å²) in [5.74, 6) is 0.780. The summed E-state index contributed by atoms with van der Waals surface area (Å²) in [4.78, 5) is 18.1. The molecule has 0 radical (unpaired) electrons. The van der Waals surface area contributed by atoms with Crippen LogP contribution >= 0.6 is 0 Å². The molecule has 5 nitrogen and oxygen atoms in total. The summed E-state index contributed by atoms with van der Waals surface area (Å²) in [6.45, 7) is 8.78. The molecule has 0 bridgehead atoms. The smallest absolute Gasteiger partial charge is 0.239 e. The molecule has 1 heterocycles. The number of anilines is 1. The van der Waals surface area contributed by atoms with Crippen LogP contribution in [0.1, 0.15) is 31.9 Å². The monoisotopic (exact) mass is 265 g/mol. The molecule has 0 aliphatic heterocycles. The van der Waals surface area contributed by atoms with Gasteiger partial charge in [0.25, 0.3) is 0 Å². The number of amides is 1. The van der Waals surface area contributed by atoms with E-state index in [4.69, 9.17) is 5.11 Å². The van der Waals surface area contributed by atoms with Gasteiger partial charge in [0.05, 0.1) is 13.2 Å². The lowest BCUT2D eigenvalue weighted by Crippen LogP contribution is -2.40. The number of nitrogens with zero attached hydrogens (tertiary/aromatic N) is 2. The second-order valence-electron chi connectivity index (χ2n) is 4.88. The van der Waals surface area contributed by atoms with Crippen LogP contribution in [0.3, 0.4) is 0 Å². The summed E-state index contributed by atoms with van der Waals surface area (Å²) in [6, 6.07) is 2.03. The van der Waals surface area contributed by atoms with Crippen LogP contribution in [0.5, 0.6) is 0 Å². The molecule has 0 aromatic carbocycles. The largest absolute Gasteiger partial charge is 0.392 e. The Labute approximate surface area is 114 Å². The second-order valence-corrected chi connectivity index (χ2v) is 4.88. The minimum Gasteiger partial charge on any atom is -0.392 e. The van der Waals surface area contributed by atoms with E-state index < -0.39 is 0 Å². The molecule has 5 heteroatoms. The quantitative estimate of drug-likeness (QED) is 0.812. The summed E-state index contributed by atoms with van der Waals surface area (Å²) in [5.41, 5.74) is 1.75. The van der Waals surface area contributed by atoms with Gasteiger partial charge in [-0.3, -0.25) is 4.79 Å². The highest BCUT2D eigenvalue weighted by Gasteiger charge is 2.14. The molecule has 2 N–H and O–H groups in total. The molecule has 0 saturated heterocycles. The first-order valence-electron chi connectivity index (χ1n) is 6.58. The summed E-state index contributed by atoms with van der Waals surface area (Å²) in [5, 5.41) is 11.9. The third kappa shape index (κ3) is 4.52. The van der Waals surface area contributed by atoms with Gasteiger partial charge in [-0.2, -0.15) is 0 Å². The van der Waals surface area contributed by atoms with Gasteiger partial charge in [0, 0.05) is 18.8 Å². The molecule has 0 atom stereocenters. The minimum atomic E-state index is -0.0198. The molecule has 0 fully saturated rings. The van der Waals surface area contributed by atoms with Crippen molar-refractivity contribution in [3.63, 3.8) is 0 Å². The zero-order chi connectivity index (χ0) is 14.4. The molecule has 1 aromatic heterocycles. The van der Waals surface area contributed by atoms with Crippen molar-refractivity contribution in [2.24, 2.45) is 0 Å². The van der Waals surface area contributed by atoms with E-state index in [0.29, 0.717) is 13.1 Å². The molecule has 106 valence electrons. The molecule has 19 heavy (non-hydrogen) atoms. The van der Waals surface area contributed by atoms with Gasteiger partial charge in [0.2, 0.25) is 5.91 Å². The number of nitrogens with one attached hydrogen (secondary N) is 1. The fourth-order valence-corrected chi connectivity index (χ4v) is 1.92. The van der Waals surface area contributed by atoms with Crippen molar-refractivity contribution in [1.29, 1.82) is 0 Å². The Morgan fingerprint density at radius 2 is 2.21 bits per heavy atom. The van der Waals surface area contributed by atoms with Crippen molar-refractivity contribution < 1.29 is 9.90 Å². The molecule has 0 unspecified atom stereocenters. The third-order valence-corrected chi connectivity index (χ3v) is 2.76. The lowest BCUT2D eigenvalue weighted by Gasteiger charge is -2.23. The maximum Gasteiger partial charge on any atom is 0.239 e. The third-order valence-electron chi connectivity index (χ3n) is 2.76. The van der Waals surface area contributed by atoms with Gasteiger partial charge < -0.3 is 15.3 Å². The van der Waals surface area contributed by atoms with Crippen LogP contribution in [0.4, 0.5) is 5.82 Å². The summed E-state index contributed by atoms with van der Waals surface area (Å²) in [6.07, 6.45) is 1.64. The van der Waals surface area contributed by atoms with Crippen molar-refractivity contribution in [2.45, 2.75) is 40.3 Å². The number of aliphatic hydroxyl groups is 1. The number of aromatic nitrogens is 1. The van der Waals surface area contributed by atoms with Crippen molar-refractivity contribution in [3.05, 3.63) is 23.4 Å². The molecule has 0 aliphatic carbocycles. The molecule has 0 saturated carbocycles. The summed E-state index contributed by atoms with van der Waals surface area (Å²) < 4.78 is 0. The summed E-state index contributed by atoms with van der Waals surface area (Å²) in [7, 11) is 0. The van der Waals surface area contributed by atoms with Crippen LogP contribution in [0, 0.1) is 6.92 Å². The first-order valence-corrected chi connectivity index (χ1v) is 6.58. The first-order chi connectivity index (χ1) is 8.97. The zero-order valence-electron chi connectivity index (χ0n) is 12.1. The highest BCUT2D eigenvalue weighted by Crippen LogP contribution is 2.17. The Morgan fingerprint density at radius 3 is 2.68 bits per heavy atom. The number of rotatable bonds is 6. The van der Waals surface area contributed by atoms with Gasteiger partial charge in [-0.05, 0) is 44.9 Å². The van der Waals surface area contributed by atoms with Gasteiger partial charge in [0.15, 0.2) is 0 Å². The van der Waals surface area contributed by atoms with Crippen LogP contribution < -0.4 is 10.2 Å². The number of likely N-dealkylation sites (N-methyl/N-ethyl adjacent to an activating group) is 1. The maximum absolute atomic E-state index is 11.8. The Kier molecular flexibility index (Phi) is 5.76. The van der Waals surface area contributed by atoms with E-state index in [2.05, 4.69) is 10.3 Å². The number of carbonyl (C=O) groups excluding carboxylic acids is 1. The minimum absolute atomic E-state index is 0.00992. The normalized spacial score (nSPS) is 10.6.